The third-order valence-corrected chi connectivity index (χ3v) is 4.29. The maximum absolute atomic E-state index is 12.3. The number of hydrogen-bond acceptors (Lipinski definition) is 6. The van der Waals surface area contributed by atoms with Crippen molar-refractivity contribution in [3.05, 3.63) is 65.2 Å². The second kappa shape index (κ2) is 11.6. The topological polar surface area (TPSA) is 126 Å². The Morgan fingerprint density at radius 1 is 0.906 bits per heavy atom. The van der Waals surface area contributed by atoms with E-state index in [1.54, 1.807) is 24.3 Å². The lowest BCUT2D eigenvalue weighted by molar-refractivity contribution is -0.116. The number of amides is 3. The first-order chi connectivity index (χ1) is 15.2. The lowest BCUT2D eigenvalue weighted by Crippen LogP contribution is -2.48. The van der Waals surface area contributed by atoms with Crippen LogP contribution in [0.3, 0.4) is 0 Å². The minimum atomic E-state index is -0.571. The predicted octanol–water partition coefficient (Wildman–Crippen LogP) is 2.41. The first-order valence-corrected chi connectivity index (χ1v) is 10.1. The van der Waals surface area contributed by atoms with E-state index < -0.39 is 17.8 Å². The zero-order valence-corrected chi connectivity index (χ0v) is 18.7. The van der Waals surface area contributed by atoms with Gasteiger partial charge < -0.3 is 10.1 Å². The fourth-order valence-corrected chi connectivity index (χ4v) is 2.73. The van der Waals surface area contributed by atoms with Gasteiger partial charge in [-0.3, -0.25) is 30.6 Å². The highest BCUT2D eigenvalue weighted by molar-refractivity contribution is 7.80. The van der Waals surface area contributed by atoms with E-state index in [4.69, 9.17) is 12.2 Å². The van der Waals surface area contributed by atoms with Crippen molar-refractivity contribution in [3.8, 4) is 0 Å². The minimum absolute atomic E-state index is 0.0999. The molecule has 0 aliphatic heterocycles. The van der Waals surface area contributed by atoms with Crippen LogP contribution in [0.2, 0.25) is 0 Å². The summed E-state index contributed by atoms with van der Waals surface area (Å²) in [6.07, 6.45) is 0.405. The molecule has 2 aromatic carbocycles. The summed E-state index contributed by atoms with van der Waals surface area (Å²) in [5.41, 5.74) is 6.12. The van der Waals surface area contributed by atoms with Gasteiger partial charge >= 0.3 is 5.97 Å². The molecule has 10 heteroatoms. The van der Waals surface area contributed by atoms with E-state index in [1.165, 1.54) is 31.4 Å². The monoisotopic (exact) mass is 456 g/mol. The number of ether oxygens (including phenoxy) is 1. The average molecular weight is 457 g/mol. The van der Waals surface area contributed by atoms with Gasteiger partial charge in [0.1, 0.15) is 0 Å². The van der Waals surface area contributed by atoms with Gasteiger partial charge in [-0.25, -0.2) is 4.79 Å². The molecule has 0 fully saturated rings. The highest BCUT2D eigenvalue weighted by atomic mass is 32.1. The highest BCUT2D eigenvalue weighted by Gasteiger charge is 2.13. The molecule has 2 rings (SSSR count). The molecular weight excluding hydrogens is 432 g/mol. The van der Waals surface area contributed by atoms with Gasteiger partial charge in [-0.15, -0.1) is 0 Å². The van der Waals surface area contributed by atoms with Gasteiger partial charge in [-0.05, 0) is 60.6 Å². The van der Waals surface area contributed by atoms with Crippen LogP contribution >= 0.6 is 12.2 Å². The van der Waals surface area contributed by atoms with E-state index in [0.29, 0.717) is 17.7 Å². The maximum Gasteiger partial charge on any atom is 0.337 e. The van der Waals surface area contributed by atoms with Crippen LogP contribution in [0.4, 0.5) is 5.69 Å². The van der Waals surface area contributed by atoms with Gasteiger partial charge in [0.15, 0.2) is 5.11 Å². The zero-order chi connectivity index (χ0) is 23.7. The molecule has 0 aliphatic carbocycles. The number of thiocarbonyl (C=S) groups is 1. The summed E-state index contributed by atoms with van der Waals surface area (Å²) < 4.78 is 4.62. The Labute approximate surface area is 190 Å². The number of esters is 1. The lowest BCUT2D eigenvalue weighted by Gasteiger charge is -2.12. The van der Waals surface area contributed by atoms with E-state index in [9.17, 15) is 19.2 Å². The van der Waals surface area contributed by atoms with Crippen molar-refractivity contribution in [2.45, 2.75) is 20.3 Å². The van der Waals surface area contributed by atoms with Crippen LogP contribution in [-0.4, -0.2) is 35.9 Å². The van der Waals surface area contributed by atoms with E-state index >= 15 is 0 Å². The molecule has 168 valence electrons. The molecule has 0 unspecified atom stereocenters. The van der Waals surface area contributed by atoms with Gasteiger partial charge in [-0.2, -0.15) is 0 Å². The third-order valence-electron chi connectivity index (χ3n) is 4.09. The number of nitrogens with one attached hydrogen (secondary N) is 4. The average Bonchev–Trinajstić information content (AvgIpc) is 2.76. The van der Waals surface area contributed by atoms with E-state index in [1.807, 2.05) is 13.8 Å². The van der Waals surface area contributed by atoms with Gasteiger partial charge in [0, 0.05) is 23.2 Å². The molecule has 0 atom stereocenters. The molecule has 0 radical (unpaired) electrons. The third kappa shape index (κ3) is 7.47. The second-order valence-corrected chi connectivity index (χ2v) is 7.57. The van der Waals surface area contributed by atoms with Crippen molar-refractivity contribution in [2.24, 2.45) is 5.92 Å². The van der Waals surface area contributed by atoms with Crippen molar-refractivity contribution in [3.63, 3.8) is 0 Å². The van der Waals surface area contributed by atoms with Gasteiger partial charge in [0.25, 0.3) is 11.8 Å². The number of hydrazine groups is 1. The smallest absolute Gasteiger partial charge is 0.337 e. The van der Waals surface area contributed by atoms with Crippen LogP contribution < -0.4 is 21.5 Å². The summed E-state index contributed by atoms with van der Waals surface area (Å²) in [5.74, 6) is -1.49. The lowest BCUT2D eigenvalue weighted by atomic mass is 10.1. The van der Waals surface area contributed by atoms with E-state index in [2.05, 4.69) is 26.2 Å². The summed E-state index contributed by atoms with van der Waals surface area (Å²) in [5, 5.41) is 5.02. The van der Waals surface area contributed by atoms with Gasteiger partial charge in [-0.1, -0.05) is 19.9 Å². The Kier molecular flexibility index (Phi) is 8.84. The predicted molar refractivity (Wildman–Crippen MR) is 123 cm³/mol. The molecule has 2 aromatic rings. The number of rotatable bonds is 6. The van der Waals surface area contributed by atoms with Crippen LogP contribution in [0, 0.1) is 5.92 Å². The van der Waals surface area contributed by atoms with Crippen LogP contribution in [0.15, 0.2) is 48.5 Å². The van der Waals surface area contributed by atoms with Crippen LogP contribution in [0.1, 0.15) is 51.3 Å². The van der Waals surface area contributed by atoms with Crippen LogP contribution in [0.5, 0.6) is 0 Å². The SMILES string of the molecule is COC(=O)c1cccc(C(=O)NC(=S)NNC(=O)c2ccc(NC(=O)CC(C)C)cc2)c1. The van der Waals surface area contributed by atoms with E-state index in [0.717, 1.165) is 0 Å². The normalized spacial score (nSPS) is 10.1. The maximum atomic E-state index is 12.3. The number of carbonyl (C=O) groups excluding carboxylic acids is 4. The molecule has 0 saturated carbocycles. The molecule has 4 N–H and O–H groups in total. The standard InChI is InChI=1S/C22H24N4O5S/c1-13(2)11-18(27)23-17-9-7-14(8-10-17)20(29)25-26-22(32)24-19(28)15-5-4-6-16(12-15)21(30)31-3/h4-10,12-13H,11H2,1-3H3,(H,23,27)(H,25,29)(H2,24,26,28,32). The van der Waals surface area contributed by atoms with Crippen molar-refractivity contribution in [2.75, 3.05) is 12.4 Å². The van der Waals surface area contributed by atoms with Crippen molar-refractivity contribution in [1.82, 2.24) is 16.2 Å². The molecule has 32 heavy (non-hydrogen) atoms. The number of hydrogen-bond donors (Lipinski definition) is 4. The largest absolute Gasteiger partial charge is 0.465 e. The fraction of sp³-hybridized carbons (Fsp3) is 0.227. The molecule has 0 aromatic heterocycles. The van der Waals surface area contributed by atoms with Crippen molar-refractivity contribution < 1.29 is 23.9 Å². The number of carbonyl (C=O) groups is 4. The van der Waals surface area contributed by atoms with E-state index in [-0.39, 0.29) is 28.1 Å². The van der Waals surface area contributed by atoms with Crippen molar-refractivity contribution in [1.29, 1.82) is 0 Å². The highest BCUT2D eigenvalue weighted by Crippen LogP contribution is 2.11. The molecule has 0 aliphatic rings. The quantitative estimate of drug-likeness (QED) is 0.299. The molecule has 0 bridgehead atoms. The Morgan fingerprint density at radius 3 is 2.19 bits per heavy atom. The number of anilines is 1. The molecule has 0 spiro atoms. The fourth-order valence-electron chi connectivity index (χ4n) is 2.59. The molecular formula is C22H24N4O5S. The summed E-state index contributed by atoms with van der Waals surface area (Å²) in [7, 11) is 1.24. The summed E-state index contributed by atoms with van der Waals surface area (Å²) in [4.78, 5) is 47.9. The van der Waals surface area contributed by atoms with Crippen molar-refractivity contribution >= 4 is 46.7 Å². The zero-order valence-electron chi connectivity index (χ0n) is 17.9. The first-order valence-electron chi connectivity index (χ1n) is 9.69. The summed E-state index contributed by atoms with van der Waals surface area (Å²) in [6, 6.07) is 12.2. The minimum Gasteiger partial charge on any atom is -0.465 e. The summed E-state index contributed by atoms with van der Waals surface area (Å²) in [6.45, 7) is 3.90. The van der Waals surface area contributed by atoms with Crippen LogP contribution in [-0.2, 0) is 9.53 Å². The Hall–Kier alpha value is -3.79. The molecule has 9 nitrogen and oxygen atoms in total. The van der Waals surface area contributed by atoms with Gasteiger partial charge in [0.05, 0.1) is 12.7 Å². The Morgan fingerprint density at radius 2 is 1.56 bits per heavy atom. The first kappa shape index (κ1) is 24.5. The Bertz CT molecular complexity index is 1020. The number of methoxy groups -OCH3 is 1. The number of benzene rings is 2. The molecule has 0 saturated heterocycles. The van der Waals surface area contributed by atoms with Crippen LogP contribution in [0.25, 0.3) is 0 Å². The molecule has 3 amide bonds. The summed E-state index contributed by atoms with van der Waals surface area (Å²) >= 11 is 5.01. The molecule has 0 heterocycles. The van der Waals surface area contributed by atoms with Gasteiger partial charge in [0.2, 0.25) is 5.91 Å². The Balaban J connectivity index is 1.86. The second-order valence-electron chi connectivity index (χ2n) is 7.16.